The summed E-state index contributed by atoms with van der Waals surface area (Å²) in [5.74, 6) is 0.721. The standard InChI is InChI=1S/C16H18ClN3O/c1-19-16(5-6-16)10-21-13-8-14(15(17)20-9-13)11-3-2-4-12(18)7-11/h2-4,7-9,19H,5-6,10,18H2,1H3. The van der Waals surface area contributed by atoms with Crippen LogP contribution >= 0.6 is 11.6 Å². The molecule has 3 rings (SSSR count). The van der Waals surface area contributed by atoms with Crippen molar-refractivity contribution in [3.05, 3.63) is 41.7 Å². The number of nitrogens with zero attached hydrogens (tertiary/aromatic N) is 1. The first kappa shape index (κ1) is 14.2. The van der Waals surface area contributed by atoms with Crippen LogP contribution in [-0.4, -0.2) is 24.2 Å². The van der Waals surface area contributed by atoms with Crippen molar-refractivity contribution in [2.45, 2.75) is 18.4 Å². The lowest BCUT2D eigenvalue weighted by Gasteiger charge is -2.16. The summed E-state index contributed by atoms with van der Waals surface area (Å²) in [6, 6.07) is 9.49. The summed E-state index contributed by atoms with van der Waals surface area (Å²) in [4.78, 5) is 4.21. The van der Waals surface area contributed by atoms with Gasteiger partial charge in [0.1, 0.15) is 17.5 Å². The van der Waals surface area contributed by atoms with Gasteiger partial charge in [0, 0.05) is 11.3 Å². The number of aromatic nitrogens is 1. The summed E-state index contributed by atoms with van der Waals surface area (Å²) >= 11 is 6.19. The molecule has 0 spiro atoms. The quantitative estimate of drug-likeness (QED) is 0.658. The van der Waals surface area contributed by atoms with Gasteiger partial charge in [-0.15, -0.1) is 0 Å². The molecule has 0 aliphatic heterocycles. The van der Waals surface area contributed by atoms with Gasteiger partial charge in [-0.25, -0.2) is 4.98 Å². The number of hydrogen-bond donors (Lipinski definition) is 2. The molecule has 3 N–H and O–H groups in total. The minimum Gasteiger partial charge on any atom is -0.490 e. The first-order valence-corrected chi connectivity index (χ1v) is 7.33. The molecule has 0 saturated heterocycles. The molecule has 0 radical (unpaired) electrons. The van der Waals surface area contributed by atoms with Crippen molar-refractivity contribution in [1.82, 2.24) is 10.3 Å². The van der Waals surface area contributed by atoms with Crippen LogP contribution in [0.15, 0.2) is 36.5 Å². The van der Waals surface area contributed by atoms with Crippen LogP contribution in [-0.2, 0) is 0 Å². The number of likely N-dealkylation sites (N-methyl/N-ethyl adjacent to an activating group) is 1. The van der Waals surface area contributed by atoms with Gasteiger partial charge in [-0.3, -0.25) is 0 Å². The highest BCUT2D eigenvalue weighted by atomic mass is 35.5. The molecule has 0 amide bonds. The number of rotatable bonds is 5. The molecule has 0 atom stereocenters. The highest BCUT2D eigenvalue weighted by molar-refractivity contribution is 6.32. The molecule has 110 valence electrons. The van der Waals surface area contributed by atoms with Crippen LogP contribution < -0.4 is 15.8 Å². The van der Waals surface area contributed by atoms with Gasteiger partial charge in [-0.1, -0.05) is 23.7 Å². The molecule has 1 heterocycles. The molecule has 0 bridgehead atoms. The number of halogens is 1. The van der Waals surface area contributed by atoms with Gasteiger partial charge < -0.3 is 15.8 Å². The predicted molar refractivity (Wildman–Crippen MR) is 85.6 cm³/mol. The van der Waals surface area contributed by atoms with Crippen molar-refractivity contribution >= 4 is 17.3 Å². The first-order valence-electron chi connectivity index (χ1n) is 6.95. The number of hydrogen-bond acceptors (Lipinski definition) is 4. The predicted octanol–water partition coefficient (Wildman–Crippen LogP) is 3.12. The summed E-state index contributed by atoms with van der Waals surface area (Å²) in [5.41, 5.74) is 8.42. The summed E-state index contributed by atoms with van der Waals surface area (Å²) in [5, 5.41) is 3.75. The summed E-state index contributed by atoms with van der Waals surface area (Å²) in [6.07, 6.45) is 3.95. The van der Waals surface area contributed by atoms with Crippen molar-refractivity contribution in [1.29, 1.82) is 0 Å². The Morgan fingerprint density at radius 3 is 2.86 bits per heavy atom. The van der Waals surface area contributed by atoms with Crippen LogP contribution in [0.25, 0.3) is 11.1 Å². The van der Waals surface area contributed by atoms with Gasteiger partial charge in [0.05, 0.1) is 11.7 Å². The molecule has 1 aromatic heterocycles. The molecule has 4 nitrogen and oxygen atoms in total. The van der Waals surface area contributed by atoms with Crippen LogP contribution in [0.5, 0.6) is 5.75 Å². The van der Waals surface area contributed by atoms with E-state index in [0.717, 1.165) is 29.7 Å². The molecular weight excluding hydrogens is 286 g/mol. The number of nitrogens with one attached hydrogen (secondary N) is 1. The van der Waals surface area contributed by atoms with Crippen molar-refractivity contribution in [3.63, 3.8) is 0 Å². The Morgan fingerprint density at radius 1 is 1.38 bits per heavy atom. The van der Waals surface area contributed by atoms with E-state index in [9.17, 15) is 0 Å². The van der Waals surface area contributed by atoms with Crippen molar-refractivity contribution in [3.8, 4) is 16.9 Å². The second-order valence-electron chi connectivity index (χ2n) is 5.45. The third kappa shape index (κ3) is 3.12. The summed E-state index contributed by atoms with van der Waals surface area (Å²) in [6.45, 7) is 0.642. The van der Waals surface area contributed by atoms with E-state index in [1.54, 1.807) is 6.20 Å². The Kier molecular flexibility index (Phi) is 3.74. The Morgan fingerprint density at radius 2 is 2.19 bits per heavy atom. The zero-order valence-electron chi connectivity index (χ0n) is 11.9. The minimum atomic E-state index is 0.136. The maximum absolute atomic E-state index is 6.19. The van der Waals surface area contributed by atoms with E-state index in [0.29, 0.717) is 17.4 Å². The third-order valence-corrected chi connectivity index (χ3v) is 4.21. The van der Waals surface area contributed by atoms with Gasteiger partial charge in [-0.2, -0.15) is 0 Å². The molecule has 1 fully saturated rings. The van der Waals surface area contributed by atoms with Crippen LogP contribution in [0.3, 0.4) is 0 Å². The lowest BCUT2D eigenvalue weighted by molar-refractivity contribution is 0.259. The zero-order chi connectivity index (χ0) is 14.9. The molecule has 1 saturated carbocycles. The van der Waals surface area contributed by atoms with E-state index in [2.05, 4.69) is 10.3 Å². The Labute approximate surface area is 129 Å². The molecule has 1 aromatic carbocycles. The highest BCUT2D eigenvalue weighted by Gasteiger charge is 2.41. The maximum atomic E-state index is 6.19. The number of ether oxygens (including phenoxy) is 1. The molecule has 5 heteroatoms. The molecular formula is C16H18ClN3O. The number of pyridine rings is 1. The van der Waals surface area contributed by atoms with Crippen LogP contribution in [0.4, 0.5) is 5.69 Å². The van der Waals surface area contributed by atoms with Gasteiger partial charge in [0.2, 0.25) is 0 Å². The Balaban J connectivity index is 1.83. The lowest BCUT2D eigenvalue weighted by Crippen LogP contribution is -2.33. The third-order valence-electron chi connectivity index (χ3n) is 3.91. The SMILES string of the molecule is CNC1(COc2cnc(Cl)c(-c3cccc(N)c3)c2)CC1. The fraction of sp³-hybridized carbons (Fsp3) is 0.312. The molecule has 0 unspecified atom stereocenters. The van der Waals surface area contributed by atoms with Crippen LogP contribution in [0, 0.1) is 0 Å². The van der Waals surface area contributed by atoms with Gasteiger partial charge in [0.25, 0.3) is 0 Å². The van der Waals surface area contributed by atoms with Crippen LogP contribution in [0.2, 0.25) is 5.15 Å². The van der Waals surface area contributed by atoms with E-state index in [1.807, 2.05) is 37.4 Å². The van der Waals surface area contributed by atoms with Crippen molar-refractivity contribution in [2.24, 2.45) is 0 Å². The van der Waals surface area contributed by atoms with E-state index in [-0.39, 0.29) is 5.54 Å². The second kappa shape index (κ2) is 5.54. The maximum Gasteiger partial charge on any atom is 0.138 e. The van der Waals surface area contributed by atoms with Gasteiger partial charge in [-0.05, 0) is 43.7 Å². The summed E-state index contributed by atoms with van der Waals surface area (Å²) < 4.78 is 5.86. The molecule has 1 aliphatic carbocycles. The van der Waals surface area contributed by atoms with Crippen molar-refractivity contribution in [2.75, 3.05) is 19.4 Å². The number of nitrogen functional groups attached to an aromatic ring is 1. The second-order valence-corrected chi connectivity index (χ2v) is 5.81. The fourth-order valence-corrected chi connectivity index (χ4v) is 2.47. The van der Waals surface area contributed by atoms with Crippen LogP contribution in [0.1, 0.15) is 12.8 Å². The van der Waals surface area contributed by atoms with Gasteiger partial charge >= 0.3 is 0 Å². The Hall–Kier alpha value is -1.78. The minimum absolute atomic E-state index is 0.136. The molecule has 21 heavy (non-hydrogen) atoms. The first-order chi connectivity index (χ1) is 10.1. The average molecular weight is 304 g/mol. The largest absolute Gasteiger partial charge is 0.490 e. The monoisotopic (exact) mass is 303 g/mol. The van der Waals surface area contributed by atoms with E-state index in [1.165, 1.54) is 0 Å². The normalized spacial score (nSPS) is 15.7. The number of nitrogens with two attached hydrogens (primary N) is 1. The highest BCUT2D eigenvalue weighted by Crippen LogP contribution is 2.36. The van der Waals surface area contributed by atoms with E-state index >= 15 is 0 Å². The topological polar surface area (TPSA) is 60.2 Å². The zero-order valence-corrected chi connectivity index (χ0v) is 12.7. The van der Waals surface area contributed by atoms with Crippen molar-refractivity contribution < 1.29 is 4.74 Å². The number of anilines is 1. The van der Waals surface area contributed by atoms with E-state index < -0.39 is 0 Å². The average Bonchev–Trinajstić information content (AvgIpc) is 3.27. The molecule has 2 aromatic rings. The fourth-order valence-electron chi connectivity index (χ4n) is 2.26. The Bertz CT molecular complexity index is 656. The summed E-state index contributed by atoms with van der Waals surface area (Å²) in [7, 11) is 1.97. The number of benzene rings is 1. The smallest absolute Gasteiger partial charge is 0.138 e. The van der Waals surface area contributed by atoms with Gasteiger partial charge in [0.15, 0.2) is 0 Å². The molecule has 1 aliphatic rings. The lowest BCUT2D eigenvalue weighted by atomic mass is 10.1. The van der Waals surface area contributed by atoms with E-state index in [4.69, 9.17) is 22.1 Å².